The number of hydrogen-bond donors (Lipinski definition) is 1. The first-order valence-corrected chi connectivity index (χ1v) is 5.45. The maximum absolute atomic E-state index is 6.05. The fourth-order valence-electron chi connectivity index (χ4n) is 2.10. The quantitative estimate of drug-likeness (QED) is 0.800. The van der Waals surface area contributed by atoms with Crippen LogP contribution in [0.25, 0.3) is 5.52 Å². The van der Waals surface area contributed by atoms with Gasteiger partial charge in [-0.1, -0.05) is 0 Å². The van der Waals surface area contributed by atoms with Crippen LogP contribution < -0.4 is 5.32 Å². The molecular formula is C10H11ClN4. The van der Waals surface area contributed by atoms with Crippen molar-refractivity contribution in [2.75, 3.05) is 6.54 Å². The molecule has 5 heteroatoms. The van der Waals surface area contributed by atoms with Gasteiger partial charge in [-0.25, -0.2) is 4.98 Å². The van der Waals surface area contributed by atoms with Crippen LogP contribution in [0, 0.1) is 0 Å². The second-order valence-corrected chi connectivity index (χ2v) is 4.08. The first-order valence-electron chi connectivity index (χ1n) is 5.07. The molecule has 4 nitrogen and oxygen atoms in total. The Hall–Kier alpha value is -1.13. The normalized spacial score (nSPS) is 21.3. The van der Waals surface area contributed by atoms with Gasteiger partial charge < -0.3 is 5.32 Å². The van der Waals surface area contributed by atoms with Crippen LogP contribution in [-0.4, -0.2) is 20.9 Å². The minimum absolute atomic E-state index is 0.330. The highest BCUT2D eigenvalue weighted by Gasteiger charge is 2.22. The summed E-state index contributed by atoms with van der Waals surface area (Å²) < 4.78 is 1.86. The molecule has 3 rings (SSSR count). The van der Waals surface area contributed by atoms with Gasteiger partial charge in [-0.15, -0.1) is 0 Å². The summed E-state index contributed by atoms with van der Waals surface area (Å²) >= 11 is 6.05. The van der Waals surface area contributed by atoms with E-state index in [4.69, 9.17) is 11.6 Å². The summed E-state index contributed by atoms with van der Waals surface area (Å²) in [6, 6.07) is 0.330. The summed E-state index contributed by atoms with van der Waals surface area (Å²) in [4.78, 5) is 8.51. The molecule has 3 heterocycles. The number of halogens is 1. The molecule has 78 valence electrons. The van der Waals surface area contributed by atoms with Crippen molar-refractivity contribution in [3.63, 3.8) is 0 Å². The number of nitrogens with zero attached hydrogens (tertiary/aromatic N) is 3. The molecule has 0 aromatic carbocycles. The Morgan fingerprint density at radius 2 is 2.47 bits per heavy atom. The number of nitrogens with one attached hydrogen (secondary N) is 1. The Labute approximate surface area is 92.3 Å². The Bertz CT molecular complexity index is 487. The number of imidazole rings is 1. The van der Waals surface area contributed by atoms with Gasteiger partial charge in [-0.05, 0) is 31.0 Å². The zero-order chi connectivity index (χ0) is 10.3. The van der Waals surface area contributed by atoms with Crippen LogP contribution in [0.1, 0.15) is 24.6 Å². The molecule has 0 aliphatic carbocycles. The lowest BCUT2D eigenvalue weighted by Gasteiger charge is -2.06. The van der Waals surface area contributed by atoms with Gasteiger partial charge in [0.05, 0.1) is 23.4 Å². The molecule has 1 atom stereocenters. The van der Waals surface area contributed by atoms with E-state index in [9.17, 15) is 0 Å². The van der Waals surface area contributed by atoms with E-state index in [1.165, 1.54) is 6.42 Å². The van der Waals surface area contributed by atoms with Crippen molar-refractivity contribution in [1.82, 2.24) is 19.7 Å². The third kappa shape index (κ3) is 1.41. The van der Waals surface area contributed by atoms with Gasteiger partial charge in [-0.2, -0.15) is 0 Å². The molecule has 2 aromatic heterocycles. The van der Waals surface area contributed by atoms with Gasteiger partial charge >= 0.3 is 0 Å². The van der Waals surface area contributed by atoms with Gasteiger partial charge in [0.15, 0.2) is 0 Å². The first kappa shape index (κ1) is 9.12. The summed E-state index contributed by atoms with van der Waals surface area (Å²) in [5, 5.41) is 3.93. The van der Waals surface area contributed by atoms with E-state index in [1.807, 2.05) is 16.8 Å². The van der Waals surface area contributed by atoms with E-state index in [1.54, 1.807) is 6.20 Å². The molecule has 1 aliphatic heterocycles. The number of aromatic nitrogens is 3. The number of hydrogen-bond acceptors (Lipinski definition) is 3. The van der Waals surface area contributed by atoms with Crippen molar-refractivity contribution < 1.29 is 0 Å². The van der Waals surface area contributed by atoms with Crippen molar-refractivity contribution in [3.8, 4) is 0 Å². The number of fused-ring (bicyclic) bond motifs is 1. The van der Waals surface area contributed by atoms with Crippen LogP contribution in [0.15, 0.2) is 18.6 Å². The van der Waals surface area contributed by atoms with Gasteiger partial charge in [-0.3, -0.25) is 9.38 Å². The molecule has 1 fully saturated rings. The standard InChI is InChI=1S/C10H11ClN4/c11-10-14-9(7-2-1-3-13-7)8-6-12-4-5-15(8)10/h4-7,13H,1-3H2. The van der Waals surface area contributed by atoms with Crippen LogP contribution in [-0.2, 0) is 0 Å². The molecule has 1 aliphatic rings. The lowest BCUT2D eigenvalue weighted by Crippen LogP contribution is -2.13. The lowest BCUT2D eigenvalue weighted by atomic mass is 10.1. The highest BCUT2D eigenvalue weighted by Crippen LogP contribution is 2.27. The van der Waals surface area contributed by atoms with E-state index in [0.717, 1.165) is 24.2 Å². The second-order valence-electron chi connectivity index (χ2n) is 3.75. The average molecular weight is 223 g/mol. The zero-order valence-corrected chi connectivity index (χ0v) is 8.91. The maximum Gasteiger partial charge on any atom is 0.207 e. The van der Waals surface area contributed by atoms with Crippen molar-refractivity contribution in [3.05, 3.63) is 29.6 Å². The van der Waals surface area contributed by atoms with Gasteiger partial charge in [0.1, 0.15) is 0 Å². The van der Waals surface area contributed by atoms with E-state index in [0.29, 0.717) is 11.3 Å². The molecular weight excluding hydrogens is 212 g/mol. The van der Waals surface area contributed by atoms with E-state index in [2.05, 4.69) is 15.3 Å². The summed E-state index contributed by atoms with van der Waals surface area (Å²) in [5.41, 5.74) is 2.02. The van der Waals surface area contributed by atoms with E-state index >= 15 is 0 Å². The Morgan fingerprint density at radius 1 is 1.53 bits per heavy atom. The van der Waals surface area contributed by atoms with E-state index in [-0.39, 0.29) is 0 Å². The van der Waals surface area contributed by atoms with Gasteiger partial charge in [0.25, 0.3) is 0 Å². The third-order valence-corrected chi connectivity index (χ3v) is 3.09. The molecule has 1 saturated heterocycles. The Balaban J connectivity index is 2.17. The molecule has 1 unspecified atom stereocenters. The first-order chi connectivity index (χ1) is 7.36. The highest BCUT2D eigenvalue weighted by atomic mass is 35.5. The summed E-state index contributed by atoms with van der Waals surface area (Å²) in [7, 11) is 0. The molecule has 0 spiro atoms. The largest absolute Gasteiger partial charge is 0.309 e. The third-order valence-electron chi connectivity index (χ3n) is 2.82. The molecule has 15 heavy (non-hydrogen) atoms. The molecule has 0 saturated carbocycles. The van der Waals surface area contributed by atoms with Gasteiger partial charge in [0, 0.05) is 12.4 Å². The average Bonchev–Trinajstić information content (AvgIpc) is 2.87. The topological polar surface area (TPSA) is 42.2 Å². The summed E-state index contributed by atoms with van der Waals surface area (Å²) in [6.45, 7) is 1.06. The van der Waals surface area contributed by atoms with Crippen LogP contribution in [0.4, 0.5) is 0 Å². The zero-order valence-electron chi connectivity index (χ0n) is 8.15. The van der Waals surface area contributed by atoms with E-state index < -0.39 is 0 Å². The van der Waals surface area contributed by atoms with Crippen molar-refractivity contribution in [2.45, 2.75) is 18.9 Å². The van der Waals surface area contributed by atoms with Crippen molar-refractivity contribution in [2.24, 2.45) is 0 Å². The predicted octanol–water partition coefficient (Wildman–Crippen LogP) is 1.81. The minimum Gasteiger partial charge on any atom is -0.309 e. The molecule has 2 aromatic rings. The Morgan fingerprint density at radius 3 is 3.27 bits per heavy atom. The maximum atomic E-state index is 6.05. The monoisotopic (exact) mass is 222 g/mol. The lowest BCUT2D eigenvalue weighted by molar-refractivity contribution is 0.636. The SMILES string of the molecule is Clc1nc(C2CCCN2)c2cnccn12. The number of rotatable bonds is 1. The fraction of sp³-hybridized carbons (Fsp3) is 0.400. The van der Waals surface area contributed by atoms with Crippen LogP contribution in [0.5, 0.6) is 0 Å². The molecule has 0 radical (unpaired) electrons. The van der Waals surface area contributed by atoms with Gasteiger partial charge in [0.2, 0.25) is 5.28 Å². The van der Waals surface area contributed by atoms with Crippen LogP contribution in [0.3, 0.4) is 0 Å². The van der Waals surface area contributed by atoms with Crippen LogP contribution >= 0.6 is 11.6 Å². The smallest absolute Gasteiger partial charge is 0.207 e. The van der Waals surface area contributed by atoms with Crippen LogP contribution in [0.2, 0.25) is 5.28 Å². The minimum atomic E-state index is 0.330. The van der Waals surface area contributed by atoms with Crippen molar-refractivity contribution in [1.29, 1.82) is 0 Å². The second kappa shape index (κ2) is 3.47. The highest BCUT2D eigenvalue weighted by molar-refractivity contribution is 6.28. The summed E-state index contributed by atoms with van der Waals surface area (Å²) in [5.74, 6) is 0. The molecule has 0 amide bonds. The molecule has 1 N–H and O–H groups in total. The predicted molar refractivity (Wildman–Crippen MR) is 58.0 cm³/mol. The summed E-state index contributed by atoms with van der Waals surface area (Å²) in [6.07, 6.45) is 7.68. The fourth-order valence-corrected chi connectivity index (χ4v) is 2.34. The Kier molecular flexibility index (Phi) is 2.11. The van der Waals surface area contributed by atoms with Crippen molar-refractivity contribution >= 4 is 17.1 Å². The molecule has 0 bridgehead atoms.